The van der Waals surface area contributed by atoms with Crippen LogP contribution in [-0.4, -0.2) is 31.8 Å². The summed E-state index contributed by atoms with van der Waals surface area (Å²) in [5, 5.41) is 0. The SMILES string of the molecule is CC[C@H]1CCc2sc(C(=O)NNC(=O)COc3ccc(C=O)cc3OC)cc2C1. The maximum absolute atomic E-state index is 12.4. The van der Waals surface area contributed by atoms with Crippen molar-refractivity contribution in [2.45, 2.75) is 32.6 Å². The van der Waals surface area contributed by atoms with Gasteiger partial charge in [0.25, 0.3) is 11.8 Å². The molecule has 1 aromatic heterocycles. The molecule has 1 aromatic carbocycles. The summed E-state index contributed by atoms with van der Waals surface area (Å²) in [6.45, 7) is 1.88. The van der Waals surface area contributed by atoms with Crippen LogP contribution in [0.5, 0.6) is 11.5 Å². The lowest BCUT2D eigenvalue weighted by Gasteiger charge is -2.19. The molecule has 2 aromatic rings. The lowest BCUT2D eigenvalue weighted by molar-refractivity contribution is -0.123. The molecule has 29 heavy (non-hydrogen) atoms. The third-order valence-electron chi connectivity index (χ3n) is 4.98. The molecule has 0 unspecified atom stereocenters. The van der Waals surface area contributed by atoms with E-state index in [-0.39, 0.29) is 12.5 Å². The number of ether oxygens (including phenoxy) is 2. The third-order valence-corrected chi connectivity index (χ3v) is 6.22. The maximum Gasteiger partial charge on any atom is 0.279 e. The zero-order valence-corrected chi connectivity index (χ0v) is 17.3. The van der Waals surface area contributed by atoms with Crippen LogP contribution in [0.3, 0.4) is 0 Å². The van der Waals surface area contributed by atoms with E-state index in [1.54, 1.807) is 12.1 Å². The van der Waals surface area contributed by atoms with Crippen LogP contribution in [0.15, 0.2) is 24.3 Å². The molecular weight excluding hydrogens is 392 g/mol. The molecule has 0 radical (unpaired) electrons. The highest BCUT2D eigenvalue weighted by atomic mass is 32.1. The van der Waals surface area contributed by atoms with Gasteiger partial charge in [0.2, 0.25) is 0 Å². The Hall–Kier alpha value is -2.87. The monoisotopic (exact) mass is 416 g/mol. The third kappa shape index (κ3) is 5.14. The summed E-state index contributed by atoms with van der Waals surface area (Å²) < 4.78 is 10.6. The van der Waals surface area contributed by atoms with Crippen LogP contribution in [-0.2, 0) is 17.6 Å². The molecule has 154 valence electrons. The van der Waals surface area contributed by atoms with Crippen molar-refractivity contribution in [1.82, 2.24) is 10.9 Å². The molecule has 0 saturated carbocycles. The van der Waals surface area contributed by atoms with Crippen LogP contribution < -0.4 is 20.3 Å². The lowest BCUT2D eigenvalue weighted by Crippen LogP contribution is -2.43. The van der Waals surface area contributed by atoms with Gasteiger partial charge in [0, 0.05) is 10.4 Å². The van der Waals surface area contributed by atoms with Gasteiger partial charge in [-0.25, -0.2) is 0 Å². The van der Waals surface area contributed by atoms with Gasteiger partial charge in [-0.05, 0) is 55.0 Å². The Morgan fingerprint density at radius 1 is 1.24 bits per heavy atom. The molecule has 1 aliphatic carbocycles. The van der Waals surface area contributed by atoms with Gasteiger partial charge in [0.15, 0.2) is 18.1 Å². The van der Waals surface area contributed by atoms with E-state index >= 15 is 0 Å². The summed E-state index contributed by atoms with van der Waals surface area (Å²) in [6, 6.07) is 6.56. The Morgan fingerprint density at radius 3 is 2.79 bits per heavy atom. The number of aldehydes is 1. The van der Waals surface area contributed by atoms with Crippen LogP contribution in [0.1, 0.15) is 50.2 Å². The van der Waals surface area contributed by atoms with Crippen LogP contribution in [0.4, 0.5) is 0 Å². The maximum atomic E-state index is 12.4. The number of carbonyl (C=O) groups is 3. The summed E-state index contributed by atoms with van der Waals surface area (Å²) >= 11 is 1.49. The van der Waals surface area contributed by atoms with Crippen molar-refractivity contribution < 1.29 is 23.9 Å². The average molecular weight is 416 g/mol. The molecule has 8 heteroatoms. The number of hydrazine groups is 1. The van der Waals surface area contributed by atoms with E-state index in [1.165, 1.54) is 35.0 Å². The number of methoxy groups -OCH3 is 1. The van der Waals surface area contributed by atoms with Crippen molar-refractivity contribution in [3.8, 4) is 11.5 Å². The van der Waals surface area contributed by atoms with Crippen LogP contribution in [0.25, 0.3) is 0 Å². The predicted octanol–water partition coefficient (Wildman–Crippen LogP) is 2.92. The summed E-state index contributed by atoms with van der Waals surface area (Å²) in [4.78, 5) is 37.0. The number of hydrogen-bond acceptors (Lipinski definition) is 6. The van der Waals surface area contributed by atoms with Crippen LogP contribution in [0.2, 0.25) is 0 Å². The van der Waals surface area contributed by atoms with Crippen LogP contribution >= 0.6 is 11.3 Å². The summed E-state index contributed by atoms with van der Waals surface area (Å²) in [6.07, 6.45) is 5.03. The summed E-state index contributed by atoms with van der Waals surface area (Å²) in [5.74, 6) is 0.519. The highest BCUT2D eigenvalue weighted by Gasteiger charge is 2.22. The molecule has 0 saturated heterocycles. The first kappa shape index (κ1) is 20.9. The molecule has 1 aliphatic rings. The van der Waals surface area contributed by atoms with E-state index in [1.807, 2.05) is 6.07 Å². The standard InChI is InChI=1S/C21H24N2O5S/c1-3-13-5-7-18-15(8-13)10-19(29-18)21(26)23-22-20(25)12-28-16-6-4-14(11-24)9-17(16)27-2/h4,6,9-11,13H,3,5,7-8,12H2,1-2H3,(H,22,25)(H,23,26)/t13-/m0/s1. The Balaban J connectivity index is 1.50. The number of fused-ring (bicyclic) bond motifs is 1. The summed E-state index contributed by atoms with van der Waals surface area (Å²) in [7, 11) is 1.44. The highest BCUT2D eigenvalue weighted by Crippen LogP contribution is 2.33. The van der Waals surface area contributed by atoms with Gasteiger partial charge < -0.3 is 9.47 Å². The second-order valence-corrected chi connectivity index (χ2v) is 8.03. The first-order valence-electron chi connectivity index (χ1n) is 9.50. The molecule has 2 amide bonds. The normalized spacial score (nSPS) is 15.2. The zero-order valence-electron chi connectivity index (χ0n) is 16.4. The molecular formula is C21H24N2O5S. The Kier molecular flexibility index (Phi) is 6.87. The number of nitrogens with one attached hydrogen (secondary N) is 2. The van der Waals surface area contributed by atoms with Gasteiger partial charge >= 0.3 is 0 Å². The minimum atomic E-state index is -0.507. The minimum absolute atomic E-state index is 0.309. The fourth-order valence-corrected chi connectivity index (χ4v) is 4.41. The second-order valence-electron chi connectivity index (χ2n) is 6.90. The number of benzene rings is 1. The fourth-order valence-electron chi connectivity index (χ4n) is 3.30. The van der Waals surface area contributed by atoms with Crippen molar-refractivity contribution in [2.75, 3.05) is 13.7 Å². The van der Waals surface area contributed by atoms with Crippen molar-refractivity contribution in [3.63, 3.8) is 0 Å². The van der Waals surface area contributed by atoms with Crippen molar-refractivity contribution >= 4 is 29.4 Å². The predicted molar refractivity (Wildman–Crippen MR) is 110 cm³/mol. The fraction of sp³-hybridized carbons (Fsp3) is 0.381. The van der Waals surface area contributed by atoms with E-state index in [4.69, 9.17) is 9.47 Å². The first-order chi connectivity index (χ1) is 14.0. The molecule has 0 aliphatic heterocycles. The van der Waals surface area contributed by atoms with E-state index in [2.05, 4.69) is 17.8 Å². The second kappa shape index (κ2) is 9.56. The van der Waals surface area contributed by atoms with E-state index in [0.29, 0.717) is 34.1 Å². The number of hydrogen-bond donors (Lipinski definition) is 2. The van der Waals surface area contributed by atoms with Gasteiger partial charge in [-0.15, -0.1) is 11.3 Å². The van der Waals surface area contributed by atoms with Crippen molar-refractivity contribution in [2.24, 2.45) is 5.92 Å². The topological polar surface area (TPSA) is 93.7 Å². The molecule has 0 bridgehead atoms. The van der Waals surface area contributed by atoms with Crippen molar-refractivity contribution in [3.05, 3.63) is 45.1 Å². The van der Waals surface area contributed by atoms with E-state index in [9.17, 15) is 14.4 Å². The van der Waals surface area contributed by atoms with E-state index < -0.39 is 5.91 Å². The Labute approximate surface area is 173 Å². The molecule has 1 atom stereocenters. The molecule has 0 fully saturated rings. The van der Waals surface area contributed by atoms with Gasteiger partial charge in [-0.3, -0.25) is 25.2 Å². The largest absolute Gasteiger partial charge is 0.493 e. The number of rotatable bonds is 7. The minimum Gasteiger partial charge on any atom is -0.493 e. The molecule has 0 spiro atoms. The van der Waals surface area contributed by atoms with Crippen molar-refractivity contribution in [1.29, 1.82) is 0 Å². The Bertz CT molecular complexity index is 908. The summed E-state index contributed by atoms with van der Waals surface area (Å²) in [5.41, 5.74) is 6.48. The lowest BCUT2D eigenvalue weighted by atomic mass is 9.87. The van der Waals surface area contributed by atoms with Gasteiger partial charge in [0.1, 0.15) is 6.29 Å². The average Bonchev–Trinajstić information content (AvgIpc) is 3.19. The Morgan fingerprint density at radius 2 is 2.07 bits per heavy atom. The molecule has 2 N–H and O–H groups in total. The number of thiophene rings is 1. The number of amides is 2. The first-order valence-corrected chi connectivity index (χ1v) is 10.3. The number of carbonyl (C=O) groups excluding carboxylic acids is 3. The molecule has 3 rings (SSSR count). The van der Waals surface area contributed by atoms with Gasteiger partial charge in [-0.1, -0.05) is 13.3 Å². The number of aryl methyl sites for hydroxylation is 1. The quantitative estimate of drug-likeness (QED) is 0.535. The smallest absolute Gasteiger partial charge is 0.279 e. The zero-order chi connectivity index (χ0) is 20.8. The molecule has 7 nitrogen and oxygen atoms in total. The highest BCUT2D eigenvalue weighted by molar-refractivity contribution is 7.14. The van der Waals surface area contributed by atoms with Crippen LogP contribution in [0, 0.1) is 5.92 Å². The van der Waals surface area contributed by atoms with E-state index in [0.717, 1.165) is 25.7 Å². The van der Waals surface area contributed by atoms with Gasteiger partial charge in [-0.2, -0.15) is 0 Å². The molecule has 1 heterocycles. The van der Waals surface area contributed by atoms with Gasteiger partial charge in [0.05, 0.1) is 12.0 Å².